The van der Waals surface area contributed by atoms with E-state index in [1.54, 1.807) is 24.5 Å². The quantitative estimate of drug-likeness (QED) is 0.906. The van der Waals surface area contributed by atoms with Crippen molar-refractivity contribution in [1.82, 2.24) is 9.97 Å². The van der Waals surface area contributed by atoms with Crippen molar-refractivity contribution < 1.29 is 9.59 Å². The van der Waals surface area contributed by atoms with Gasteiger partial charge >= 0.3 is 0 Å². The van der Waals surface area contributed by atoms with Crippen molar-refractivity contribution in [2.45, 2.75) is 52.4 Å². The van der Waals surface area contributed by atoms with Gasteiger partial charge in [0, 0.05) is 30.1 Å². The SMILES string of the molecule is Cc1nc2c(c(C3CC3)c1C(=O)Nc1ccncc1)C(=O)CC(C)(C)C2. The lowest BCUT2D eigenvalue weighted by molar-refractivity contribution is 0.0909. The minimum absolute atomic E-state index is 0.0782. The summed E-state index contributed by atoms with van der Waals surface area (Å²) in [5, 5.41) is 2.93. The molecule has 1 N–H and O–H groups in total. The summed E-state index contributed by atoms with van der Waals surface area (Å²) < 4.78 is 0. The average Bonchev–Trinajstić information content (AvgIpc) is 3.37. The van der Waals surface area contributed by atoms with Crippen molar-refractivity contribution in [1.29, 1.82) is 0 Å². The zero-order chi connectivity index (χ0) is 18.5. The Labute approximate surface area is 153 Å². The van der Waals surface area contributed by atoms with E-state index in [0.29, 0.717) is 29.3 Å². The molecule has 4 rings (SSSR count). The maximum atomic E-state index is 13.0. The van der Waals surface area contributed by atoms with Crippen molar-refractivity contribution in [2.75, 3.05) is 5.32 Å². The molecule has 0 spiro atoms. The van der Waals surface area contributed by atoms with Crippen LogP contribution in [-0.2, 0) is 6.42 Å². The topological polar surface area (TPSA) is 72.0 Å². The summed E-state index contributed by atoms with van der Waals surface area (Å²) >= 11 is 0. The van der Waals surface area contributed by atoms with Gasteiger partial charge in [0.25, 0.3) is 5.91 Å². The van der Waals surface area contributed by atoms with E-state index in [2.05, 4.69) is 24.1 Å². The van der Waals surface area contributed by atoms with Crippen molar-refractivity contribution >= 4 is 17.4 Å². The van der Waals surface area contributed by atoms with Gasteiger partial charge in [0.15, 0.2) is 5.78 Å². The average molecular weight is 349 g/mol. The van der Waals surface area contributed by atoms with Crippen LogP contribution in [0.15, 0.2) is 24.5 Å². The molecule has 0 atom stereocenters. The zero-order valence-electron chi connectivity index (χ0n) is 15.4. The number of hydrogen-bond donors (Lipinski definition) is 1. The lowest BCUT2D eigenvalue weighted by Crippen LogP contribution is -2.31. The van der Waals surface area contributed by atoms with Crippen LogP contribution < -0.4 is 5.32 Å². The molecule has 1 amide bonds. The highest BCUT2D eigenvalue weighted by Gasteiger charge is 2.40. The third kappa shape index (κ3) is 3.02. The fourth-order valence-corrected chi connectivity index (χ4v) is 3.96. The molecule has 2 aliphatic carbocycles. The second kappa shape index (κ2) is 6.01. The van der Waals surface area contributed by atoms with Crippen LogP contribution in [0.4, 0.5) is 5.69 Å². The Morgan fingerprint density at radius 1 is 1.19 bits per heavy atom. The van der Waals surface area contributed by atoms with Gasteiger partial charge in [-0.15, -0.1) is 0 Å². The van der Waals surface area contributed by atoms with Gasteiger partial charge in [-0.2, -0.15) is 0 Å². The first kappa shape index (κ1) is 16.9. The van der Waals surface area contributed by atoms with E-state index in [1.807, 2.05) is 6.92 Å². The molecule has 0 aliphatic heterocycles. The monoisotopic (exact) mass is 349 g/mol. The number of pyridine rings is 2. The van der Waals surface area contributed by atoms with Gasteiger partial charge in [-0.05, 0) is 55.2 Å². The van der Waals surface area contributed by atoms with Gasteiger partial charge in [0.2, 0.25) is 0 Å². The molecule has 2 aromatic rings. The van der Waals surface area contributed by atoms with Crippen LogP contribution in [-0.4, -0.2) is 21.7 Å². The molecule has 1 fully saturated rings. The van der Waals surface area contributed by atoms with E-state index in [-0.39, 0.29) is 17.1 Å². The molecule has 0 bridgehead atoms. The van der Waals surface area contributed by atoms with Crippen LogP contribution in [0, 0.1) is 12.3 Å². The number of hydrogen-bond acceptors (Lipinski definition) is 4. The molecule has 5 heteroatoms. The fraction of sp³-hybridized carbons (Fsp3) is 0.429. The van der Waals surface area contributed by atoms with E-state index in [4.69, 9.17) is 4.98 Å². The molecule has 26 heavy (non-hydrogen) atoms. The number of amides is 1. The van der Waals surface area contributed by atoms with Crippen molar-refractivity contribution in [3.8, 4) is 0 Å². The summed E-state index contributed by atoms with van der Waals surface area (Å²) in [6.45, 7) is 6.08. The van der Waals surface area contributed by atoms with Crippen LogP contribution in [0.1, 0.15) is 76.7 Å². The molecule has 0 radical (unpaired) electrons. The number of rotatable bonds is 3. The number of carbonyl (C=O) groups excluding carboxylic acids is 2. The maximum Gasteiger partial charge on any atom is 0.257 e. The Bertz CT molecular complexity index is 899. The molecule has 1 saturated carbocycles. The molecule has 2 aliphatic rings. The number of aryl methyl sites for hydroxylation is 1. The van der Waals surface area contributed by atoms with Crippen LogP contribution in [0.2, 0.25) is 0 Å². The first-order valence-corrected chi connectivity index (χ1v) is 9.14. The third-order valence-electron chi connectivity index (χ3n) is 5.21. The number of ketones is 1. The highest BCUT2D eigenvalue weighted by Crippen LogP contribution is 2.47. The van der Waals surface area contributed by atoms with Gasteiger partial charge < -0.3 is 5.32 Å². The number of fused-ring (bicyclic) bond motifs is 1. The molecular weight excluding hydrogens is 326 g/mol. The fourth-order valence-electron chi connectivity index (χ4n) is 3.96. The summed E-state index contributed by atoms with van der Waals surface area (Å²) in [5.41, 5.74) is 4.42. The number of anilines is 1. The highest BCUT2D eigenvalue weighted by atomic mass is 16.1. The molecule has 2 heterocycles. The molecular formula is C21H23N3O2. The molecule has 5 nitrogen and oxygen atoms in total. The van der Waals surface area contributed by atoms with Crippen molar-refractivity contribution in [3.05, 3.63) is 52.6 Å². The van der Waals surface area contributed by atoms with E-state index in [1.165, 1.54) is 0 Å². The number of aromatic nitrogens is 2. The minimum Gasteiger partial charge on any atom is -0.322 e. The van der Waals surface area contributed by atoms with Gasteiger partial charge in [-0.3, -0.25) is 19.6 Å². The van der Waals surface area contributed by atoms with Gasteiger partial charge in [0.1, 0.15) is 0 Å². The molecule has 0 unspecified atom stereocenters. The van der Waals surface area contributed by atoms with Crippen LogP contribution in [0.25, 0.3) is 0 Å². The van der Waals surface area contributed by atoms with E-state index < -0.39 is 0 Å². The summed E-state index contributed by atoms with van der Waals surface area (Å²) in [6, 6.07) is 3.51. The first-order chi connectivity index (χ1) is 12.4. The number of Topliss-reactive ketones (excluding diaryl/α,β-unsaturated/α-hetero) is 1. The highest BCUT2D eigenvalue weighted by molar-refractivity contribution is 6.10. The lowest BCUT2D eigenvalue weighted by Gasteiger charge is -2.31. The van der Waals surface area contributed by atoms with E-state index >= 15 is 0 Å². The van der Waals surface area contributed by atoms with Gasteiger partial charge in [-0.1, -0.05) is 13.8 Å². The smallest absolute Gasteiger partial charge is 0.257 e. The number of carbonyl (C=O) groups is 2. The minimum atomic E-state index is -0.191. The molecule has 0 aromatic carbocycles. The molecule has 134 valence electrons. The Morgan fingerprint density at radius 2 is 1.88 bits per heavy atom. The summed E-state index contributed by atoms with van der Waals surface area (Å²) in [5.74, 6) is 0.237. The Morgan fingerprint density at radius 3 is 2.54 bits per heavy atom. The van der Waals surface area contributed by atoms with Crippen LogP contribution in [0.3, 0.4) is 0 Å². The molecule has 2 aromatic heterocycles. The number of nitrogens with one attached hydrogen (secondary N) is 1. The maximum absolute atomic E-state index is 13.0. The van der Waals surface area contributed by atoms with E-state index in [0.717, 1.165) is 36.1 Å². The van der Waals surface area contributed by atoms with Crippen molar-refractivity contribution in [2.24, 2.45) is 5.41 Å². The predicted octanol–water partition coefficient (Wildman–Crippen LogP) is 4.07. The summed E-state index contributed by atoms with van der Waals surface area (Å²) in [7, 11) is 0. The first-order valence-electron chi connectivity index (χ1n) is 9.14. The Hall–Kier alpha value is -2.56. The largest absolute Gasteiger partial charge is 0.322 e. The summed E-state index contributed by atoms with van der Waals surface area (Å²) in [4.78, 5) is 34.6. The van der Waals surface area contributed by atoms with Crippen LogP contribution >= 0.6 is 0 Å². The van der Waals surface area contributed by atoms with Gasteiger partial charge in [-0.25, -0.2) is 0 Å². The Balaban J connectivity index is 1.82. The van der Waals surface area contributed by atoms with Gasteiger partial charge in [0.05, 0.1) is 17.0 Å². The third-order valence-corrected chi connectivity index (χ3v) is 5.21. The molecule has 0 saturated heterocycles. The standard InChI is InChI=1S/C21H23N3O2/c1-12-17(20(26)24-14-6-8-22-9-7-14)18(13-4-5-13)19-15(23-12)10-21(2,3)11-16(19)25/h6-9,13H,4-5,10-11H2,1-3H3,(H,22,24,26). The zero-order valence-corrected chi connectivity index (χ0v) is 15.4. The van der Waals surface area contributed by atoms with Crippen molar-refractivity contribution in [3.63, 3.8) is 0 Å². The Kier molecular flexibility index (Phi) is 3.90. The van der Waals surface area contributed by atoms with Crippen LogP contribution in [0.5, 0.6) is 0 Å². The number of nitrogens with zero attached hydrogens (tertiary/aromatic N) is 2. The second-order valence-electron chi connectivity index (χ2n) is 8.21. The lowest BCUT2D eigenvalue weighted by atomic mass is 9.73. The second-order valence-corrected chi connectivity index (χ2v) is 8.21. The summed E-state index contributed by atoms with van der Waals surface area (Å²) in [6.07, 6.45) is 6.63. The predicted molar refractivity (Wildman–Crippen MR) is 99.6 cm³/mol. The normalized spacial score (nSPS) is 18.3. The van der Waals surface area contributed by atoms with E-state index in [9.17, 15) is 9.59 Å².